The lowest BCUT2D eigenvalue weighted by Crippen LogP contribution is -2.17. The van der Waals surface area contributed by atoms with Crippen LogP contribution in [0.25, 0.3) is 0 Å². The SMILES string of the molecule is CC(C)c1ccccc1N=C1SCCN1C. The summed E-state index contributed by atoms with van der Waals surface area (Å²) >= 11 is 1.84. The number of hydrogen-bond donors (Lipinski definition) is 0. The van der Waals surface area contributed by atoms with E-state index in [1.54, 1.807) is 0 Å². The number of thioether (sulfide) groups is 1. The first kappa shape index (κ1) is 11.5. The van der Waals surface area contributed by atoms with Gasteiger partial charge in [0.15, 0.2) is 5.17 Å². The maximum absolute atomic E-state index is 4.77. The lowest BCUT2D eigenvalue weighted by Gasteiger charge is -2.13. The molecule has 0 unspecified atom stereocenters. The molecule has 2 nitrogen and oxygen atoms in total. The zero-order valence-electron chi connectivity index (χ0n) is 10.1. The first-order chi connectivity index (χ1) is 7.68. The van der Waals surface area contributed by atoms with E-state index in [1.165, 1.54) is 5.56 Å². The largest absolute Gasteiger partial charge is 0.353 e. The van der Waals surface area contributed by atoms with E-state index in [2.05, 4.69) is 50.1 Å². The lowest BCUT2D eigenvalue weighted by molar-refractivity contribution is 0.563. The van der Waals surface area contributed by atoms with Crippen molar-refractivity contribution in [1.82, 2.24) is 4.90 Å². The molecule has 0 radical (unpaired) electrons. The lowest BCUT2D eigenvalue weighted by atomic mass is 10.0. The summed E-state index contributed by atoms with van der Waals surface area (Å²) < 4.78 is 0. The average molecular weight is 234 g/mol. The second-order valence-corrected chi connectivity index (χ2v) is 5.44. The maximum atomic E-state index is 4.77. The van der Waals surface area contributed by atoms with Gasteiger partial charge >= 0.3 is 0 Å². The van der Waals surface area contributed by atoms with Crippen LogP contribution < -0.4 is 0 Å². The summed E-state index contributed by atoms with van der Waals surface area (Å²) in [6.07, 6.45) is 0. The summed E-state index contributed by atoms with van der Waals surface area (Å²) in [4.78, 5) is 6.99. The molecule has 0 aliphatic carbocycles. The summed E-state index contributed by atoms with van der Waals surface area (Å²) in [5.74, 6) is 1.68. The van der Waals surface area contributed by atoms with Gasteiger partial charge in [0, 0.05) is 19.3 Å². The third-order valence-corrected chi connectivity index (χ3v) is 3.81. The number of amidine groups is 1. The molecule has 1 fully saturated rings. The Morgan fingerprint density at radius 1 is 1.31 bits per heavy atom. The van der Waals surface area contributed by atoms with Crippen molar-refractivity contribution < 1.29 is 0 Å². The number of rotatable bonds is 2. The Morgan fingerprint density at radius 3 is 2.69 bits per heavy atom. The molecule has 0 atom stereocenters. The second kappa shape index (κ2) is 4.91. The van der Waals surface area contributed by atoms with Crippen LogP contribution in [-0.2, 0) is 0 Å². The van der Waals surface area contributed by atoms with Gasteiger partial charge in [0.2, 0.25) is 0 Å². The highest BCUT2D eigenvalue weighted by Gasteiger charge is 2.15. The van der Waals surface area contributed by atoms with Crippen molar-refractivity contribution in [2.45, 2.75) is 19.8 Å². The average Bonchev–Trinajstić information content (AvgIpc) is 2.65. The Morgan fingerprint density at radius 2 is 2.06 bits per heavy atom. The quantitative estimate of drug-likeness (QED) is 0.778. The molecule has 1 saturated heterocycles. The highest BCUT2D eigenvalue weighted by Crippen LogP contribution is 2.29. The Balaban J connectivity index is 2.33. The molecule has 0 bridgehead atoms. The van der Waals surface area contributed by atoms with E-state index in [9.17, 15) is 0 Å². The zero-order valence-corrected chi connectivity index (χ0v) is 10.9. The van der Waals surface area contributed by atoms with Crippen molar-refractivity contribution in [3.63, 3.8) is 0 Å². The molecule has 86 valence electrons. The molecule has 1 aromatic rings. The van der Waals surface area contributed by atoms with Crippen molar-refractivity contribution in [1.29, 1.82) is 0 Å². The van der Waals surface area contributed by atoms with Crippen molar-refractivity contribution >= 4 is 22.6 Å². The number of para-hydroxylation sites is 1. The van der Waals surface area contributed by atoms with Gasteiger partial charge in [-0.05, 0) is 17.5 Å². The fourth-order valence-corrected chi connectivity index (χ4v) is 2.80. The maximum Gasteiger partial charge on any atom is 0.164 e. The highest BCUT2D eigenvalue weighted by molar-refractivity contribution is 8.14. The van der Waals surface area contributed by atoms with E-state index >= 15 is 0 Å². The number of hydrogen-bond acceptors (Lipinski definition) is 2. The van der Waals surface area contributed by atoms with E-state index in [4.69, 9.17) is 4.99 Å². The Kier molecular flexibility index (Phi) is 3.54. The fourth-order valence-electron chi connectivity index (χ4n) is 1.78. The molecule has 3 heteroatoms. The number of nitrogens with zero attached hydrogens (tertiary/aromatic N) is 2. The Hall–Kier alpha value is -0.960. The summed E-state index contributed by atoms with van der Waals surface area (Å²) in [7, 11) is 2.11. The van der Waals surface area contributed by atoms with Crippen LogP contribution in [-0.4, -0.2) is 29.4 Å². The van der Waals surface area contributed by atoms with Gasteiger partial charge in [0.25, 0.3) is 0 Å². The molecule has 0 amide bonds. The van der Waals surface area contributed by atoms with Crippen LogP contribution in [0, 0.1) is 0 Å². The smallest absolute Gasteiger partial charge is 0.164 e. The third kappa shape index (κ3) is 2.40. The third-order valence-electron chi connectivity index (χ3n) is 2.76. The van der Waals surface area contributed by atoms with Crippen molar-refractivity contribution in [2.75, 3.05) is 19.3 Å². The second-order valence-electron chi connectivity index (χ2n) is 4.38. The van der Waals surface area contributed by atoms with Crippen LogP contribution in [0.2, 0.25) is 0 Å². The van der Waals surface area contributed by atoms with Crippen LogP contribution in [0.15, 0.2) is 29.3 Å². The molecular formula is C13H18N2S. The summed E-state index contributed by atoms with van der Waals surface area (Å²) in [5, 5.41) is 1.15. The number of aliphatic imine (C=N–C) groups is 1. The van der Waals surface area contributed by atoms with E-state index in [1.807, 2.05) is 11.8 Å². The fraction of sp³-hybridized carbons (Fsp3) is 0.462. The van der Waals surface area contributed by atoms with Gasteiger partial charge in [-0.2, -0.15) is 0 Å². The van der Waals surface area contributed by atoms with Crippen molar-refractivity contribution in [2.24, 2.45) is 4.99 Å². The predicted octanol–water partition coefficient (Wildman–Crippen LogP) is 3.48. The summed E-state index contributed by atoms with van der Waals surface area (Å²) in [5.41, 5.74) is 2.45. The molecule has 2 rings (SSSR count). The van der Waals surface area contributed by atoms with Crippen molar-refractivity contribution in [3.05, 3.63) is 29.8 Å². The zero-order chi connectivity index (χ0) is 11.5. The molecular weight excluding hydrogens is 216 g/mol. The van der Waals surface area contributed by atoms with Gasteiger partial charge in [-0.1, -0.05) is 43.8 Å². The molecule has 1 aliphatic rings. The van der Waals surface area contributed by atoms with Crippen LogP contribution in [0.1, 0.15) is 25.3 Å². The monoisotopic (exact) mass is 234 g/mol. The summed E-state index contributed by atoms with van der Waals surface area (Å²) in [6.45, 7) is 5.53. The molecule has 1 heterocycles. The van der Waals surface area contributed by atoms with E-state index in [0.717, 1.165) is 23.2 Å². The Labute approximate surface area is 102 Å². The van der Waals surface area contributed by atoms with Gasteiger partial charge in [0.05, 0.1) is 5.69 Å². The minimum Gasteiger partial charge on any atom is -0.353 e. The van der Waals surface area contributed by atoms with E-state index in [-0.39, 0.29) is 0 Å². The van der Waals surface area contributed by atoms with E-state index in [0.29, 0.717) is 5.92 Å². The molecule has 0 saturated carbocycles. The molecule has 0 spiro atoms. The molecule has 0 N–H and O–H groups in total. The number of benzene rings is 1. The minimum absolute atomic E-state index is 0.525. The topological polar surface area (TPSA) is 15.6 Å². The van der Waals surface area contributed by atoms with Crippen LogP contribution in [0.5, 0.6) is 0 Å². The first-order valence-electron chi connectivity index (χ1n) is 5.70. The molecule has 0 aromatic heterocycles. The van der Waals surface area contributed by atoms with Crippen molar-refractivity contribution in [3.8, 4) is 0 Å². The normalized spacial score (nSPS) is 18.8. The van der Waals surface area contributed by atoms with Crippen LogP contribution >= 0.6 is 11.8 Å². The highest BCUT2D eigenvalue weighted by atomic mass is 32.2. The Bertz CT molecular complexity index is 399. The first-order valence-corrected chi connectivity index (χ1v) is 6.68. The van der Waals surface area contributed by atoms with E-state index < -0.39 is 0 Å². The molecule has 1 aromatic carbocycles. The predicted molar refractivity (Wildman–Crippen MR) is 72.7 cm³/mol. The standard InChI is InChI=1S/C13H18N2S/c1-10(2)11-6-4-5-7-12(11)14-13-15(3)8-9-16-13/h4-7,10H,8-9H2,1-3H3. The summed E-state index contributed by atoms with van der Waals surface area (Å²) in [6, 6.07) is 8.42. The van der Waals surface area contributed by atoms with Gasteiger partial charge in [0.1, 0.15) is 0 Å². The molecule has 16 heavy (non-hydrogen) atoms. The minimum atomic E-state index is 0.525. The van der Waals surface area contributed by atoms with Crippen LogP contribution in [0.3, 0.4) is 0 Å². The van der Waals surface area contributed by atoms with Crippen LogP contribution in [0.4, 0.5) is 5.69 Å². The van der Waals surface area contributed by atoms with Gasteiger partial charge in [-0.3, -0.25) is 0 Å². The molecule has 1 aliphatic heterocycles. The van der Waals surface area contributed by atoms with Gasteiger partial charge < -0.3 is 4.90 Å². The van der Waals surface area contributed by atoms with Gasteiger partial charge in [-0.25, -0.2) is 4.99 Å². The van der Waals surface area contributed by atoms with Gasteiger partial charge in [-0.15, -0.1) is 0 Å².